The van der Waals surface area contributed by atoms with Gasteiger partial charge in [-0.1, -0.05) is 128 Å². The van der Waals surface area contributed by atoms with Crippen LogP contribution < -0.4 is 5.73 Å². The lowest BCUT2D eigenvalue weighted by molar-refractivity contribution is -0.161. The molecule has 12 nitrogen and oxygen atoms in total. The van der Waals surface area contributed by atoms with Crippen molar-refractivity contribution in [3.05, 3.63) is 24.3 Å². The number of rotatable bonds is 37. The molecule has 0 spiro atoms. The third kappa shape index (κ3) is 27.7. The summed E-state index contributed by atoms with van der Waals surface area (Å²) in [6, 6.07) is 0. The van der Waals surface area contributed by atoms with E-state index in [1.165, 1.54) is 38.5 Å². The number of aliphatic hydroxyl groups excluding tert-OH is 2. The highest BCUT2D eigenvalue weighted by Crippen LogP contribution is 2.43. The fourth-order valence-corrected chi connectivity index (χ4v) is 7.65. The highest BCUT2D eigenvalue weighted by molar-refractivity contribution is 7.47. The molecule has 56 heavy (non-hydrogen) atoms. The lowest BCUT2D eigenvalue weighted by Gasteiger charge is -2.20. The van der Waals surface area contributed by atoms with E-state index in [1.54, 1.807) is 12.2 Å². The molecule has 0 radical (unpaired) electrons. The zero-order chi connectivity index (χ0) is 41.3. The van der Waals surface area contributed by atoms with Gasteiger partial charge in [0.2, 0.25) is 0 Å². The van der Waals surface area contributed by atoms with E-state index in [0.717, 1.165) is 77.0 Å². The number of phosphoric acid groups is 1. The summed E-state index contributed by atoms with van der Waals surface area (Å²) in [6.07, 6.45) is 28.2. The fourth-order valence-electron chi connectivity index (χ4n) is 6.89. The van der Waals surface area contributed by atoms with Crippen molar-refractivity contribution in [3.63, 3.8) is 0 Å². The first-order valence-electron chi connectivity index (χ1n) is 21.9. The molecule has 0 amide bonds. The molecule has 1 rings (SSSR count). The molecule has 0 aromatic rings. The summed E-state index contributed by atoms with van der Waals surface area (Å²) < 4.78 is 32.7. The standard InChI is InChI=1S/C43H78NO11P/c1-3-5-7-8-9-10-11-12-13-14-15-16-17-18-24-28-43(49)55-37(35-54-56(50,51)53-32-31-44)34-52-42(48)27-23-20-19-22-26-38-39(41(47)33-40(38)46)30-29-36(45)25-21-6-4-2/h12-13,29-30,36-40,45-46H,3-11,14-28,31-35,44H2,1-2H3,(H,50,51)/b13-12-,30-29+/t36-,37+,38+,39+,40-/m0/s1. The Balaban J connectivity index is 2.38. The Morgan fingerprint density at radius 3 is 2.02 bits per heavy atom. The van der Waals surface area contributed by atoms with Crippen LogP contribution in [0, 0.1) is 11.8 Å². The van der Waals surface area contributed by atoms with Crippen molar-refractivity contribution < 1.29 is 52.6 Å². The van der Waals surface area contributed by atoms with E-state index in [1.807, 2.05) is 0 Å². The van der Waals surface area contributed by atoms with Crippen LogP contribution >= 0.6 is 7.82 Å². The summed E-state index contributed by atoms with van der Waals surface area (Å²) in [5.74, 6) is -1.56. The van der Waals surface area contributed by atoms with Crippen molar-refractivity contribution >= 4 is 25.5 Å². The maximum absolute atomic E-state index is 12.6. The second kappa shape index (κ2) is 34.0. The van der Waals surface area contributed by atoms with Gasteiger partial charge in [0, 0.05) is 31.7 Å². The first kappa shape index (κ1) is 52.1. The van der Waals surface area contributed by atoms with Crippen LogP contribution in [-0.4, -0.2) is 77.5 Å². The fraction of sp³-hybridized carbons (Fsp3) is 0.837. The van der Waals surface area contributed by atoms with Crippen LogP contribution in [0.3, 0.4) is 0 Å². The monoisotopic (exact) mass is 816 g/mol. The number of carbonyl (C=O) groups excluding carboxylic acids is 3. The minimum atomic E-state index is -4.44. The molecule has 6 atom stereocenters. The number of Topliss-reactive ketones (excluding diaryl/α,β-unsaturated/α-hetero) is 1. The summed E-state index contributed by atoms with van der Waals surface area (Å²) in [5.41, 5.74) is 5.34. The SMILES string of the molecule is CCCCCCCC/C=C\CCCCCCCC(=O)O[C@H](COC(=O)CCCCCC[C@H]1[C@@H](O)CC(=O)[C@@H]1/C=C/[C@@H](O)CCCCC)COP(=O)(O)OCCN. The number of hydrogen-bond donors (Lipinski definition) is 4. The molecule has 0 aromatic heterocycles. The quantitative estimate of drug-likeness (QED) is 0.0202. The van der Waals surface area contributed by atoms with Crippen LogP contribution in [0.4, 0.5) is 0 Å². The van der Waals surface area contributed by atoms with Crippen LogP contribution in [0.15, 0.2) is 24.3 Å². The van der Waals surface area contributed by atoms with E-state index in [-0.39, 0.29) is 56.6 Å². The van der Waals surface area contributed by atoms with E-state index in [9.17, 15) is 34.1 Å². The van der Waals surface area contributed by atoms with Gasteiger partial charge in [-0.15, -0.1) is 0 Å². The molecule has 1 fully saturated rings. The van der Waals surface area contributed by atoms with Crippen molar-refractivity contribution in [2.24, 2.45) is 17.6 Å². The van der Waals surface area contributed by atoms with Crippen molar-refractivity contribution in [1.82, 2.24) is 0 Å². The van der Waals surface area contributed by atoms with Crippen molar-refractivity contribution in [1.29, 1.82) is 0 Å². The first-order chi connectivity index (χ1) is 27.0. The Labute approximate surface area is 338 Å². The molecule has 0 aliphatic heterocycles. The highest BCUT2D eigenvalue weighted by atomic mass is 31.2. The lowest BCUT2D eigenvalue weighted by Crippen LogP contribution is -2.29. The molecule has 5 N–H and O–H groups in total. The molecular formula is C43H78NO11P. The van der Waals surface area contributed by atoms with Crippen molar-refractivity contribution in [2.75, 3.05) is 26.4 Å². The first-order valence-corrected chi connectivity index (χ1v) is 23.4. The van der Waals surface area contributed by atoms with Gasteiger partial charge in [0.05, 0.1) is 25.4 Å². The average molecular weight is 816 g/mol. The van der Waals surface area contributed by atoms with E-state index in [2.05, 4.69) is 26.0 Å². The number of hydrogen-bond acceptors (Lipinski definition) is 11. The third-order valence-corrected chi connectivity index (χ3v) is 11.2. The number of unbranched alkanes of at least 4 members (excludes halogenated alkanes) is 16. The van der Waals surface area contributed by atoms with Gasteiger partial charge in [-0.25, -0.2) is 4.57 Å². The molecular weight excluding hydrogens is 737 g/mol. The zero-order valence-electron chi connectivity index (χ0n) is 34.8. The van der Waals surface area contributed by atoms with Gasteiger partial charge < -0.3 is 30.3 Å². The molecule has 0 aromatic carbocycles. The number of phosphoric ester groups is 1. The van der Waals surface area contributed by atoms with Crippen LogP contribution in [0.25, 0.3) is 0 Å². The van der Waals surface area contributed by atoms with Gasteiger partial charge in [-0.2, -0.15) is 0 Å². The average Bonchev–Trinajstić information content (AvgIpc) is 3.44. The Hall–Kier alpha value is -1.92. The predicted octanol–water partition coefficient (Wildman–Crippen LogP) is 8.98. The summed E-state index contributed by atoms with van der Waals surface area (Å²) in [7, 11) is -4.44. The number of allylic oxidation sites excluding steroid dienone is 3. The summed E-state index contributed by atoms with van der Waals surface area (Å²) in [4.78, 5) is 47.6. The van der Waals surface area contributed by atoms with Crippen LogP contribution in [0.1, 0.15) is 174 Å². The Bertz CT molecular complexity index is 1130. The highest BCUT2D eigenvalue weighted by Gasteiger charge is 2.39. The predicted molar refractivity (Wildman–Crippen MR) is 221 cm³/mol. The molecule has 326 valence electrons. The van der Waals surface area contributed by atoms with Crippen LogP contribution in [0.2, 0.25) is 0 Å². The summed E-state index contributed by atoms with van der Waals surface area (Å²) in [5, 5.41) is 20.7. The number of nitrogens with two attached hydrogens (primary N) is 1. The van der Waals surface area contributed by atoms with Gasteiger partial charge in [0.25, 0.3) is 0 Å². The Morgan fingerprint density at radius 2 is 1.38 bits per heavy atom. The molecule has 0 heterocycles. The van der Waals surface area contributed by atoms with E-state index < -0.39 is 44.7 Å². The number of ether oxygens (including phenoxy) is 2. The molecule has 1 aliphatic carbocycles. The minimum Gasteiger partial charge on any atom is -0.462 e. The van der Waals surface area contributed by atoms with Gasteiger partial charge in [-0.05, 0) is 57.3 Å². The molecule has 1 aliphatic rings. The summed E-state index contributed by atoms with van der Waals surface area (Å²) in [6.45, 7) is 3.35. The summed E-state index contributed by atoms with van der Waals surface area (Å²) >= 11 is 0. The van der Waals surface area contributed by atoms with E-state index >= 15 is 0 Å². The minimum absolute atomic E-state index is 0.00425. The zero-order valence-corrected chi connectivity index (χ0v) is 35.7. The normalized spacial score (nSPS) is 19.5. The van der Waals surface area contributed by atoms with E-state index in [0.29, 0.717) is 25.7 Å². The van der Waals surface area contributed by atoms with E-state index in [4.69, 9.17) is 24.3 Å². The number of esters is 2. The topological polar surface area (TPSA) is 192 Å². The van der Waals surface area contributed by atoms with Gasteiger partial charge in [0.15, 0.2) is 6.10 Å². The molecule has 0 saturated heterocycles. The van der Waals surface area contributed by atoms with Gasteiger partial charge in [-0.3, -0.25) is 23.4 Å². The Kier molecular flexibility index (Phi) is 31.6. The van der Waals surface area contributed by atoms with Crippen LogP contribution in [-0.2, 0) is 37.5 Å². The largest absolute Gasteiger partial charge is 0.472 e. The number of ketones is 1. The molecule has 1 saturated carbocycles. The maximum Gasteiger partial charge on any atom is 0.472 e. The Morgan fingerprint density at radius 1 is 0.804 bits per heavy atom. The number of carbonyl (C=O) groups is 3. The molecule has 1 unspecified atom stereocenters. The second-order valence-electron chi connectivity index (χ2n) is 15.3. The van der Waals surface area contributed by atoms with Crippen molar-refractivity contribution in [2.45, 2.75) is 193 Å². The second-order valence-corrected chi connectivity index (χ2v) is 16.8. The van der Waals surface area contributed by atoms with Gasteiger partial charge in [0.1, 0.15) is 12.4 Å². The van der Waals surface area contributed by atoms with Crippen LogP contribution in [0.5, 0.6) is 0 Å². The third-order valence-electron chi connectivity index (χ3n) is 10.2. The number of aliphatic hydroxyl groups is 2. The lowest BCUT2D eigenvalue weighted by atomic mass is 9.88. The maximum atomic E-state index is 12.6. The molecule has 0 bridgehead atoms. The molecule has 13 heteroatoms. The smallest absolute Gasteiger partial charge is 0.462 e. The van der Waals surface area contributed by atoms with Gasteiger partial charge >= 0.3 is 19.8 Å². The van der Waals surface area contributed by atoms with Crippen molar-refractivity contribution in [3.8, 4) is 0 Å².